The maximum atomic E-state index is 4.15. The van der Waals surface area contributed by atoms with Crippen LogP contribution in [0.2, 0.25) is 0 Å². The van der Waals surface area contributed by atoms with Crippen LogP contribution in [0.4, 0.5) is 0 Å². The lowest BCUT2D eigenvalue weighted by atomic mass is 10.1. The second-order valence-corrected chi connectivity index (χ2v) is 4.78. The summed E-state index contributed by atoms with van der Waals surface area (Å²) >= 11 is 1.76. The van der Waals surface area contributed by atoms with Crippen molar-refractivity contribution in [3.8, 4) is 0 Å². The average molecular weight is 226 g/mol. The third-order valence-corrected chi connectivity index (χ3v) is 3.48. The minimum absolute atomic E-state index is 0.527. The molecular weight excluding hydrogens is 204 g/mol. The van der Waals surface area contributed by atoms with E-state index in [4.69, 9.17) is 0 Å². The Morgan fingerprint density at radius 1 is 1.33 bits per heavy atom. The van der Waals surface area contributed by atoms with Gasteiger partial charge in [-0.15, -0.1) is 11.3 Å². The van der Waals surface area contributed by atoms with E-state index < -0.39 is 0 Å². The van der Waals surface area contributed by atoms with Crippen molar-refractivity contribution in [2.75, 3.05) is 6.54 Å². The van der Waals surface area contributed by atoms with Crippen molar-refractivity contribution in [2.24, 2.45) is 0 Å². The predicted octanol–water partition coefficient (Wildman–Crippen LogP) is 3.76. The van der Waals surface area contributed by atoms with Crippen molar-refractivity contribution < 1.29 is 0 Å². The highest BCUT2D eigenvalue weighted by Crippen LogP contribution is 2.22. The van der Waals surface area contributed by atoms with Crippen LogP contribution in [0.3, 0.4) is 0 Å². The van der Waals surface area contributed by atoms with E-state index in [1.165, 1.54) is 37.0 Å². The summed E-state index contributed by atoms with van der Waals surface area (Å²) in [5.41, 5.74) is 1.92. The van der Waals surface area contributed by atoms with Crippen molar-refractivity contribution in [3.63, 3.8) is 0 Å². The van der Waals surface area contributed by atoms with Gasteiger partial charge < -0.3 is 5.32 Å². The molecule has 1 unspecified atom stereocenters. The van der Waals surface area contributed by atoms with Crippen LogP contribution in [0.25, 0.3) is 0 Å². The summed E-state index contributed by atoms with van der Waals surface area (Å²) in [6.07, 6.45) is 8.60. The van der Waals surface area contributed by atoms with Gasteiger partial charge in [-0.2, -0.15) is 0 Å². The van der Waals surface area contributed by atoms with Gasteiger partial charge in [-0.25, -0.2) is 0 Å². The van der Waals surface area contributed by atoms with Crippen molar-refractivity contribution in [1.29, 1.82) is 0 Å². The molecule has 1 aromatic rings. The highest BCUT2D eigenvalue weighted by atomic mass is 32.1. The third kappa shape index (κ3) is 4.76. The molecule has 0 fully saturated rings. The molecule has 1 heterocycles. The smallest absolute Gasteiger partial charge is 0.0794 e. The molecule has 0 aliphatic heterocycles. The van der Waals surface area contributed by atoms with E-state index in [1.54, 1.807) is 11.3 Å². The first kappa shape index (κ1) is 12.7. The fourth-order valence-corrected chi connectivity index (χ4v) is 2.49. The molecule has 15 heavy (non-hydrogen) atoms. The van der Waals surface area contributed by atoms with E-state index in [9.17, 15) is 0 Å². The molecule has 0 bridgehead atoms. The van der Waals surface area contributed by atoms with Crippen LogP contribution in [0, 0.1) is 0 Å². The molecule has 1 atom stereocenters. The Balaban J connectivity index is 2.31. The Morgan fingerprint density at radius 3 is 2.80 bits per heavy atom. The van der Waals surface area contributed by atoms with Crippen LogP contribution in [-0.4, -0.2) is 11.5 Å². The molecule has 1 rings (SSSR count). The molecule has 0 aliphatic carbocycles. The minimum atomic E-state index is 0.527. The average Bonchev–Trinajstić information content (AvgIpc) is 2.76. The van der Waals surface area contributed by atoms with Crippen LogP contribution in [0.1, 0.15) is 56.9 Å². The second-order valence-electron chi connectivity index (χ2n) is 3.86. The quantitative estimate of drug-likeness (QED) is 0.683. The van der Waals surface area contributed by atoms with Gasteiger partial charge in [0, 0.05) is 17.1 Å². The van der Waals surface area contributed by atoms with Gasteiger partial charge in [0.25, 0.3) is 0 Å². The van der Waals surface area contributed by atoms with Crippen molar-refractivity contribution >= 4 is 11.3 Å². The van der Waals surface area contributed by atoms with E-state index >= 15 is 0 Å². The van der Waals surface area contributed by atoms with Crippen LogP contribution >= 0.6 is 11.3 Å². The van der Waals surface area contributed by atoms with Gasteiger partial charge in [0.1, 0.15) is 0 Å². The number of hydrogen-bond donors (Lipinski definition) is 1. The summed E-state index contributed by atoms with van der Waals surface area (Å²) in [6, 6.07) is 0.527. The first-order chi connectivity index (χ1) is 7.38. The van der Waals surface area contributed by atoms with Gasteiger partial charge in [-0.3, -0.25) is 4.98 Å². The summed E-state index contributed by atoms with van der Waals surface area (Å²) in [7, 11) is 0. The summed E-state index contributed by atoms with van der Waals surface area (Å²) in [5.74, 6) is 0. The van der Waals surface area contributed by atoms with E-state index in [1.807, 2.05) is 11.7 Å². The molecule has 0 saturated heterocycles. The number of nitrogens with zero attached hydrogens (tertiary/aromatic N) is 1. The number of thiazole rings is 1. The lowest BCUT2D eigenvalue weighted by Crippen LogP contribution is -2.19. The zero-order valence-electron chi connectivity index (χ0n) is 9.83. The predicted molar refractivity (Wildman–Crippen MR) is 67.3 cm³/mol. The van der Waals surface area contributed by atoms with E-state index in [0.717, 1.165) is 6.54 Å². The molecule has 2 nitrogen and oxygen atoms in total. The van der Waals surface area contributed by atoms with Crippen LogP contribution in [0.15, 0.2) is 11.7 Å². The van der Waals surface area contributed by atoms with Gasteiger partial charge in [-0.1, -0.05) is 39.5 Å². The lowest BCUT2D eigenvalue weighted by Gasteiger charge is -2.15. The first-order valence-electron chi connectivity index (χ1n) is 6.00. The Morgan fingerprint density at radius 2 is 2.20 bits per heavy atom. The maximum absolute atomic E-state index is 4.15. The third-order valence-electron chi connectivity index (χ3n) is 2.59. The summed E-state index contributed by atoms with van der Waals surface area (Å²) in [5, 5.41) is 3.53. The molecule has 0 amide bonds. The normalized spacial score (nSPS) is 12.9. The van der Waals surface area contributed by atoms with Crippen LogP contribution < -0.4 is 5.32 Å². The first-order valence-corrected chi connectivity index (χ1v) is 6.88. The SMILES string of the molecule is CCCCCCC(NCC)c1cncs1. The van der Waals surface area contributed by atoms with E-state index in [-0.39, 0.29) is 0 Å². The molecule has 3 heteroatoms. The van der Waals surface area contributed by atoms with Gasteiger partial charge in [-0.05, 0) is 13.0 Å². The molecule has 0 saturated carbocycles. The van der Waals surface area contributed by atoms with Crippen molar-refractivity contribution in [2.45, 2.75) is 52.0 Å². The number of unbranched alkanes of at least 4 members (excludes halogenated alkanes) is 3. The van der Waals surface area contributed by atoms with Gasteiger partial charge in [0.05, 0.1) is 5.51 Å². The Kier molecular flexibility index (Phi) is 6.60. The van der Waals surface area contributed by atoms with Gasteiger partial charge in [0.2, 0.25) is 0 Å². The molecule has 86 valence electrons. The zero-order valence-corrected chi connectivity index (χ0v) is 10.6. The van der Waals surface area contributed by atoms with E-state index in [0.29, 0.717) is 6.04 Å². The molecule has 0 spiro atoms. The fourth-order valence-electron chi connectivity index (χ4n) is 1.76. The van der Waals surface area contributed by atoms with Crippen LogP contribution in [0.5, 0.6) is 0 Å². The zero-order chi connectivity index (χ0) is 10.9. The lowest BCUT2D eigenvalue weighted by molar-refractivity contribution is 0.487. The number of nitrogens with one attached hydrogen (secondary N) is 1. The number of aromatic nitrogens is 1. The topological polar surface area (TPSA) is 24.9 Å². The fraction of sp³-hybridized carbons (Fsp3) is 0.750. The van der Waals surface area contributed by atoms with Crippen LogP contribution in [-0.2, 0) is 0 Å². The van der Waals surface area contributed by atoms with Gasteiger partial charge in [0.15, 0.2) is 0 Å². The second kappa shape index (κ2) is 7.83. The molecule has 0 radical (unpaired) electrons. The molecule has 0 aliphatic rings. The highest BCUT2D eigenvalue weighted by Gasteiger charge is 2.10. The summed E-state index contributed by atoms with van der Waals surface area (Å²) in [4.78, 5) is 5.53. The summed E-state index contributed by atoms with van der Waals surface area (Å²) in [6.45, 7) is 5.46. The van der Waals surface area contributed by atoms with Crippen molar-refractivity contribution in [1.82, 2.24) is 10.3 Å². The minimum Gasteiger partial charge on any atom is -0.309 e. The number of rotatable bonds is 8. The molecular formula is C12H22N2S. The standard InChI is InChI=1S/C12H22N2S/c1-3-5-6-7-8-11(14-4-2)12-9-13-10-15-12/h9-11,14H,3-8H2,1-2H3. The molecule has 1 N–H and O–H groups in total. The Hall–Kier alpha value is -0.410. The highest BCUT2D eigenvalue weighted by molar-refractivity contribution is 7.09. The van der Waals surface area contributed by atoms with Gasteiger partial charge >= 0.3 is 0 Å². The Bertz CT molecular complexity index is 234. The largest absolute Gasteiger partial charge is 0.309 e. The molecule has 1 aromatic heterocycles. The monoisotopic (exact) mass is 226 g/mol. The number of hydrogen-bond acceptors (Lipinski definition) is 3. The molecule has 0 aromatic carbocycles. The Labute approximate surface area is 97.1 Å². The van der Waals surface area contributed by atoms with E-state index in [2.05, 4.69) is 24.1 Å². The summed E-state index contributed by atoms with van der Waals surface area (Å²) < 4.78 is 0. The maximum Gasteiger partial charge on any atom is 0.0794 e. The van der Waals surface area contributed by atoms with Crippen molar-refractivity contribution in [3.05, 3.63) is 16.6 Å².